The Labute approximate surface area is 127 Å². The van der Waals surface area contributed by atoms with Crippen molar-refractivity contribution < 1.29 is 4.74 Å². The van der Waals surface area contributed by atoms with Gasteiger partial charge in [0.15, 0.2) is 0 Å². The summed E-state index contributed by atoms with van der Waals surface area (Å²) >= 11 is 2.06. The second-order valence-electron chi connectivity index (χ2n) is 5.10. The molecule has 0 spiro atoms. The highest BCUT2D eigenvalue weighted by Gasteiger charge is 2.12. The lowest BCUT2D eigenvalue weighted by atomic mass is 10.1. The number of hydrogen-bond acceptors (Lipinski definition) is 4. The zero-order valence-electron chi connectivity index (χ0n) is 12.6. The highest BCUT2D eigenvalue weighted by molar-refractivity contribution is 7.99. The number of rotatable bonds is 7. The fourth-order valence-corrected chi connectivity index (χ4v) is 3.48. The maximum absolute atomic E-state index is 5.70. The zero-order valence-corrected chi connectivity index (χ0v) is 13.4. The Bertz CT molecular complexity index is 394. The molecule has 1 aliphatic rings. The van der Waals surface area contributed by atoms with Gasteiger partial charge in [0, 0.05) is 49.3 Å². The Morgan fingerprint density at radius 3 is 2.80 bits per heavy atom. The molecule has 1 aliphatic heterocycles. The summed E-state index contributed by atoms with van der Waals surface area (Å²) in [5.74, 6) is 3.57. The van der Waals surface area contributed by atoms with Crippen LogP contribution in [0.1, 0.15) is 25.5 Å². The number of nitrogens with one attached hydrogen (secondary N) is 1. The van der Waals surface area contributed by atoms with E-state index in [1.165, 1.54) is 30.2 Å². The lowest BCUT2D eigenvalue weighted by Gasteiger charge is -2.27. The van der Waals surface area contributed by atoms with Crippen LogP contribution in [-0.4, -0.2) is 49.2 Å². The van der Waals surface area contributed by atoms with Gasteiger partial charge in [0.2, 0.25) is 0 Å². The molecule has 1 atom stereocenters. The van der Waals surface area contributed by atoms with Crippen LogP contribution in [-0.2, 0) is 0 Å². The summed E-state index contributed by atoms with van der Waals surface area (Å²) in [6.07, 6.45) is 0. The molecule has 0 aromatic heterocycles. The molecule has 0 bridgehead atoms. The van der Waals surface area contributed by atoms with E-state index >= 15 is 0 Å². The van der Waals surface area contributed by atoms with Crippen molar-refractivity contribution in [1.82, 2.24) is 10.2 Å². The van der Waals surface area contributed by atoms with Crippen molar-refractivity contribution in [2.24, 2.45) is 0 Å². The fourth-order valence-electron chi connectivity index (χ4n) is 2.50. The monoisotopic (exact) mass is 294 g/mol. The van der Waals surface area contributed by atoms with Crippen LogP contribution >= 0.6 is 11.8 Å². The van der Waals surface area contributed by atoms with Crippen molar-refractivity contribution in [3.05, 3.63) is 29.8 Å². The van der Waals surface area contributed by atoms with Crippen molar-refractivity contribution >= 4 is 11.8 Å². The van der Waals surface area contributed by atoms with Crippen LogP contribution in [0.15, 0.2) is 24.3 Å². The van der Waals surface area contributed by atoms with Crippen LogP contribution in [0.2, 0.25) is 0 Å². The number of thioether (sulfide) groups is 1. The maximum atomic E-state index is 5.70. The SMILES string of the molecule is CCOc1ccccc1C(C)NCCN1CCSCC1. The lowest BCUT2D eigenvalue weighted by molar-refractivity contribution is 0.294. The van der Waals surface area contributed by atoms with E-state index in [0.29, 0.717) is 6.04 Å². The number of hydrogen-bond donors (Lipinski definition) is 1. The van der Waals surface area contributed by atoms with Gasteiger partial charge in [-0.3, -0.25) is 0 Å². The Kier molecular flexibility index (Phi) is 6.70. The predicted molar refractivity (Wildman–Crippen MR) is 87.8 cm³/mol. The second kappa shape index (κ2) is 8.55. The topological polar surface area (TPSA) is 24.5 Å². The third-order valence-electron chi connectivity index (χ3n) is 3.67. The Hall–Kier alpha value is -0.710. The molecule has 1 saturated heterocycles. The summed E-state index contributed by atoms with van der Waals surface area (Å²) in [4.78, 5) is 2.55. The van der Waals surface area contributed by atoms with Crippen molar-refractivity contribution in [3.63, 3.8) is 0 Å². The van der Waals surface area contributed by atoms with E-state index in [-0.39, 0.29) is 0 Å². The Balaban J connectivity index is 1.80. The van der Waals surface area contributed by atoms with Crippen LogP contribution in [0.3, 0.4) is 0 Å². The van der Waals surface area contributed by atoms with E-state index in [9.17, 15) is 0 Å². The largest absolute Gasteiger partial charge is 0.494 e. The van der Waals surface area contributed by atoms with Crippen molar-refractivity contribution in [2.45, 2.75) is 19.9 Å². The Morgan fingerprint density at radius 2 is 2.05 bits per heavy atom. The van der Waals surface area contributed by atoms with Gasteiger partial charge < -0.3 is 15.0 Å². The molecule has 1 fully saturated rings. The summed E-state index contributed by atoms with van der Waals surface area (Å²) in [6.45, 7) is 9.60. The molecule has 0 radical (unpaired) electrons. The van der Waals surface area contributed by atoms with E-state index in [2.05, 4.69) is 47.1 Å². The molecule has 1 unspecified atom stereocenters. The van der Waals surface area contributed by atoms with Gasteiger partial charge in [-0.05, 0) is 19.9 Å². The average molecular weight is 294 g/mol. The highest BCUT2D eigenvalue weighted by atomic mass is 32.2. The number of nitrogens with zero attached hydrogens (tertiary/aromatic N) is 1. The molecule has 1 aromatic rings. The van der Waals surface area contributed by atoms with Gasteiger partial charge in [0.25, 0.3) is 0 Å². The van der Waals surface area contributed by atoms with Crippen molar-refractivity contribution in [3.8, 4) is 5.75 Å². The molecule has 1 N–H and O–H groups in total. The first kappa shape index (κ1) is 15.7. The third-order valence-corrected chi connectivity index (χ3v) is 4.61. The minimum Gasteiger partial charge on any atom is -0.494 e. The number of para-hydroxylation sites is 1. The van der Waals surface area contributed by atoms with E-state index in [0.717, 1.165) is 25.4 Å². The molecule has 3 nitrogen and oxygen atoms in total. The van der Waals surface area contributed by atoms with Gasteiger partial charge in [-0.15, -0.1) is 0 Å². The highest BCUT2D eigenvalue weighted by Crippen LogP contribution is 2.24. The van der Waals surface area contributed by atoms with Gasteiger partial charge in [0.05, 0.1) is 6.61 Å². The number of ether oxygens (including phenoxy) is 1. The molecule has 0 saturated carbocycles. The van der Waals surface area contributed by atoms with Gasteiger partial charge in [-0.25, -0.2) is 0 Å². The smallest absolute Gasteiger partial charge is 0.124 e. The molecule has 112 valence electrons. The zero-order chi connectivity index (χ0) is 14.2. The van der Waals surface area contributed by atoms with Crippen LogP contribution < -0.4 is 10.1 Å². The number of benzene rings is 1. The summed E-state index contributed by atoms with van der Waals surface area (Å²) in [7, 11) is 0. The molecule has 4 heteroatoms. The fraction of sp³-hybridized carbons (Fsp3) is 0.625. The predicted octanol–water partition coefficient (Wildman–Crippen LogP) is 2.78. The van der Waals surface area contributed by atoms with E-state index in [1.807, 2.05) is 13.0 Å². The van der Waals surface area contributed by atoms with E-state index < -0.39 is 0 Å². The Morgan fingerprint density at radius 1 is 1.30 bits per heavy atom. The quantitative estimate of drug-likeness (QED) is 0.836. The van der Waals surface area contributed by atoms with Crippen LogP contribution in [0.25, 0.3) is 0 Å². The first-order valence-electron chi connectivity index (χ1n) is 7.56. The van der Waals surface area contributed by atoms with Gasteiger partial charge in [0.1, 0.15) is 5.75 Å². The minimum absolute atomic E-state index is 0.330. The van der Waals surface area contributed by atoms with E-state index in [1.54, 1.807) is 0 Å². The first-order valence-corrected chi connectivity index (χ1v) is 8.72. The summed E-state index contributed by atoms with van der Waals surface area (Å²) in [5, 5.41) is 3.62. The molecule has 20 heavy (non-hydrogen) atoms. The normalized spacial score (nSPS) is 17.9. The molecule has 0 aliphatic carbocycles. The lowest BCUT2D eigenvalue weighted by Crippen LogP contribution is -2.38. The van der Waals surface area contributed by atoms with Gasteiger partial charge >= 0.3 is 0 Å². The second-order valence-corrected chi connectivity index (χ2v) is 6.33. The molecular weight excluding hydrogens is 268 g/mol. The summed E-state index contributed by atoms with van der Waals surface area (Å²) in [6, 6.07) is 8.65. The molecule has 1 heterocycles. The van der Waals surface area contributed by atoms with Crippen molar-refractivity contribution in [2.75, 3.05) is 44.3 Å². The molecule has 2 rings (SSSR count). The minimum atomic E-state index is 0.330. The van der Waals surface area contributed by atoms with Crippen LogP contribution in [0.5, 0.6) is 5.75 Å². The first-order chi connectivity index (χ1) is 9.81. The standard InChI is InChI=1S/C16H26N2OS/c1-3-19-16-7-5-4-6-15(16)14(2)17-8-9-18-10-12-20-13-11-18/h4-7,14,17H,3,8-13H2,1-2H3. The third kappa shape index (κ3) is 4.69. The van der Waals surface area contributed by atoms with Crippen molar-refractivity contribution in [1.29, 1.82) is 0 Å². The summed E-state index contributed by atoms with van der Waals surface area (Å²) in [5.41, 5.74) is 1.25. The van der Waals surface area contributed by atoms with E-state index in [4.69, 9.17) is 4.74 Å². The summed E-state index contributed by atoms with van der Waals surface area (Å²) < 4.78 is 5.70. The maximum Gasteiger partial charge on any atom is 0.124 e. The molecular formula is C16H26N2OS. The van der Waals surface area contributed by atoms with Gasteiger partial charge in [-0.2, -0.15) is 11.8 Å². The van der Waals surface area contributed by atoms with Crippen LogP contribution in [0, 0.1) is 0 Å². The van der Waals surface area contributed by atoms with Gasteiger partial charge in [-0.1, -0.05) is 18.2 Å². The average Bonchev–Trinajstić information content (AvgIpc) is 2.49. The molecule has 1 aromatic carbocycles. The molecule has 0 amide bonds. The van der Waals surface area contributed by atoms with Crippen LogP contribution in [0.4, 0.5) is 0 Å².